The van der Waals surface area contributed by atoms with Crippen molar-refractivity contribution in [3.63, 3.8) is 0 Å². The molecule has 2 atom stereocenters. The molecule has 1 N–H and O–H groups in total. The first-order valence-electron chi connectivity index (χ1n) is 6.86. The molecule has 0 aromatic heterocycles. The number of amides is 1. The lowest BCUT2D eigenvalue weighted by molar-refractivity contribution is -0.121. The van der Waals surface area contributed by atoms with E-state index in [9.17, 15) is 4.79 Å². The van der Waals surface area contributed by atoms with E-state index in [2.05, 4.69) is 24.9 Å². The summed E-state index contributed by atoms with van der Waals surface area (Å²) < 4.78 is 0. The second-order valence-corrected chi connectivity index (χ2v) is 7.09. The number of nitrogens with one attached hydrogen (secondary N) is 1. The lowest BCUT2D eigenvalue weighted by atomic mass is 10.1. The summed E-state index contributed by atoms with van der Waals surface area (Å²) in [6.45, 7) is 2.20. The number of carbonyl (C=O) groups excluding carboxylic acids is 1. The third kappa shape index (κ3) is 4.77. The minimum atomic E-state index is 0.138. The van der Waals surface area contributed by atoms with E-state index in [1.807, 2.05) is 36.0 Å². The Morgan fingerprint density at radius 2 is 2.11 bits per heavy atom. The van der Waals surface area contributed by atoms with Crippen molar-refractivity contribution < 1.29 is 4.79 Å². The molecule has 0 aliphatic heterocycles. The van der Waals surface area contributed by atoms with Crippen LogP contribution in [0.4, 0.5) is 0 Å². The average molecular weight is 295 g/mol. The molecule has 0 saturated heterocycles. The highest BCUT2D eigenvalue weighted by molar-refractivity contribution is 7.99. The number of thioether (sulfide) groups is 1. The first-order valence-corrected chi connectivity index (χ1v) is 8.36. The van der Waals surface area contributed by atoms with Crippen LogP contribution in [0.5, 0.6) is 0 Å². The standard InChI is InChI=1S/C15H21NOS2/c1-2-19-14-8-5-12(10-14)16-15(17)9-11-3-6-13(18)7-4-11/h3-4,6-7,12,14,18H,2,5,8-10H2,1H3,(H,16,17). The molecule has 104 valence electrons. The van der Waals surface area contributed by atoms with E-state index in [1.165, 1.54) is 12.2 Å². The predicted molar refractivity (Wildman–Crippen MR) is 85.1 cm³/mol. The number of hydrogen-bond acceptors (Lipinski definition) is 3. The van der Waals surface area contributed by atoms with Gasteiger partial charge in [0.1, 0.15) is 0 Å². The zero-order valence-electron chi connectivity index (χ0n) is 11.3. The highest BCUT2D eigenvalue weighted by Crippen LogP contribution is 2.29. The summed E-state index contributed by atoms with van der Waals surface area (Å²) >= 11 is 6.26. The van der Waals surface area contributed by atoms with Crippen LogP contribution in [0.2, 0.25) is 0 Å². The van der Waals surface area contributed by atoms with Crippen molar-refractivity contribution in [3.8, 4) is 0 Å². The van der Waals surface area contributed by atoms with Crippen LogP contribution in [0.25, 0.3) is 0 Å². The summed E-state index contributed by atoms with van der Waals surface area (Å²) in [5.74, 6) is 1.31. The van der Waals surface area contributed by atoms with Gasteiger partial charge in [-0.25, -0.2) is 0 Å². The van der Waals surface area contributed by atoms with Crippen LogP contribution in [0.1, 0.15) is 31.7 Å². The molecule has 1 aromatic rings. The second kappa shape index (κ2) is 7.25. The van der Waals surface area contributed by atoms with Crippen LogP contribution < -0.4 is 5.32 Å². The van der Waals surface area contributed by atoms with Gasteiger partial charge in [0.2, 0.25) is 5.91 Å². The number of benzene rings is 1. The zero-order valence-corrected chi connectivity index (χ0v) is 13.0. The van der Waals surface area contributed by atoms with Gasteiger partial charge >= 0.3 is 0 Å². The SMILES string of the molecule is CCSC1CCC(NC(=O)Cc2ccc(S)cc2)C1. The first-order chi connectivity index (χ1) is 9.17. The van der Waals surface area contributed by atoms with Crippen molar-refractivity contribution in [3.05, 3.63) is 29.8 Å². The van der Waals surface area contributed by atoms with E-state index in [4.69, 9.17) is 0 Å². The fraction of sp³-hybridized carbons (Fsp3) is 0.533. The lowest BCUT2D eigenvalue weighted by Crippen LogP contribution is -2.34. The molecule has 4 heteroatoms. The highest BCUT2D eigenvalue weighted by Gasteiger charge is 2.25. The number of hydrogen-bond donors (Lipinski definition) is 2. The van der Waals surface area contributed by atoms with Crippen molar-refractivity contribution >= 4 is 30.3 Å². The van der Waals surface area contributed by atoms with Crippen molar-refractivity contribution in [1.82, 2.24) is 5.32 Å². The molecule has 0 heterocycles. The molecule has 2 nitrogen and oxygen atoms in total. The van der Waals surface area contributed by atoms with Crippen LogP contribution in [0, 0.1) is 0 Å². The molecular weight excluding hydrogens is 274 g/mol. The van der Waals surface area contributed by atoms with Gasteiger partial charge in [0.05, 0.1) is 6.42 Å². The van der Waals surface area contributed by atoms with E-state index >= 15 is 0 Å². The third-order valence-corrected chi connectivity index (χ3v) is 4.98. The summed E-state index contributed by atoms with van der Waals surface area (Å²) in [4.78, 5) is 12.9. The van der Waals surface area contributed by atoms with E-state index < -0.39 is 0 Å². The molecule has 0 spiro atoms. The molecule has 0 bridgehead atoms. The summed E-state index contributed by atoms with van der Waals surface area (Å²) in [5, 5.41) is 3.89. The van der Waals surface area contributed by atoms with Crippen LogP contribution in [-0.4, -0.2) is 23.0 Å². The molecular formula is C15H21NOS2. The van der Waals surface area contributed by atoms with Crippen LogP contribution in [0.15, 0.2) is 29.2 Å². The smallest absolute Gasteiger partial charge is 0.224 e. The van der Waals surface area contributed by atoms with Gasteiger partial charge in [0.15, 0.2) is 0 Å². The molecule has 2 rings (SSSR count). The minimum Gasteiger partial charge on any atom is -0.353 e. The zero-order chi connectivity index (χ0) is 13.7. The molecule has 1 aromatic carbocycles. The molecule has 2 unspecified atom stereocenters. The fourth-order valence-corrected chi connectivity index (χ4v) is 3.83. The molecule has 0 radical (unpaired) electrons. The van der Waals surface area contributed by atoms with E-state index in [1.54, 1.807) is 0 Å². The molecule has 1 aliphatic rings. The average Bonchev–Trinajstić information content (AvgIpc) is 2.80. The van der Waals surface area contributed by atoms with Crippen LogP contribution in [0.3, 0.4) is 0 Å². The summed E-state index contributed by atoms with van der Waals surface area (Å²) in [6.07, 6.45) is 3.95. The predicted octanol–water partition coefficient (Wildman–Crippen LogP) is 3.31. The third-order valence-electron chi connectivity index (χ3n) is 3.45. The van der Waals surface area contributed by atoms with Gasteiger partial charge in [0, 0.05) is 16.2 Å². The first kappa shape index (κ1) is 14.8. The Bertz CT molecular complexity index is 419. The summed E-state index contributed by atoms with van der Waals surface area (Å²) in [5.41, 5.74) is 1.05. The molecule has 1 aliphatic carbocycles. The van der Waals surface area contributed by atoms with E-state index in [0.29, 0.717) is 12.5 Å². The van der Waals surface area contributed by atoms with Gasteiger partial charge in [-0.2, -0.15) is 11.8 Å². The van der Waals surface area contributed by atoms with E-state index in [-0.39, 0.29) is 5.91 Å². The van der Waals surface area contributed by atoms with Crippen molar-refractivity contribution in [2.45, 2.75) is 48.8 Å². The number of thiol groups is 1. The van der Waals surface area contributed by atoms with Gasteiger partial charge in [-0.3, -0.25) is 4.79 Å². The maximum absolute atomic E-state index is 12.0. The Hall–Kier alpha value is -0.610. The quantitative estimate of drug-likeness (QED) is 0.816. The second-order valence-electron chi connectivity index (χ2n) is 5.00. The lowest BCUT2D eigenvalue weighted by Gasteiger charge is -2.13. The Labute approximate surface area is 125 Å². The van der Waals surface area contributed by atoms with Gasteiger partial charge < -0.3 is 5.32 Å². The maximum Gasteiger partial charge on any atom is 0.224 e. The minimum absolute atomic E-state index is 0.138. The van der Waals surface area contributed by atoms with E-state index in [0.717, 1.165) is 28.6 Å². The number of rotatable bonds is 5. The van der Waals surface area contributed by atoms with Gasteiger partial charge in [0.25, 0.3) is 0 Å². The van der Waals surface area contributed by atoms with Crippen molar-refractivity contribution in [2.24, 2.45) is 0 Å². The maximum atomic E-state index is 12.0. The summed E-state index contributed by atoms with van der Waals surface area (Å²) in [7, 11) is 0. The Morgan fingerprint density at radius 3 is 2.79 bits per heavy atom. The summed E-state index contributed by atoms with van der Waals surface area (Å²) in [6, 6.07) is 8.16. The molecule has 1 fully saturated rings. The topological polar surface area (TPSA) is 29.1 Å². The molecule has 1 amide bonds. The van der Waals surface area contributed by atoms with Crippen molar-refractivity contribution in [2.75, 3.05) is 5.75 Å². The Balaban J connectivity index is 1.77. The fourth-order valence-electron chi connectivity index (χ4n) is 2.54. The molecule has 19 heavy (non-hydrogen) atoms. The Morgan fingerprint density at radius 1 is 1.37 bits per heavy atom. The normalized spacial score (nSPS) is 22.4. The van der Waals surface area contributed by atoms with Crippen molar-refractivity contribution in [1.29, 1.82) is 0 Å². The van der Waals surface area contributed by atoms with Crippen LogP contribution >= 0.6 is 24.4 Å². The van der Waals surface area contributed by atoms with Gasteiger partial charge in [-0.05, 0) is 42.7 Å². The monoisotopic (exact) mass is 295 g/mol. The Kier molecular flexibility index (Phi) is 5.64. The number of carbonyl (C=O) groups is 1. The van der Waals surface area contributed by atoms with Gasteiger partial charge in [-0.1, -0.05) is 19.1 Å². The molecule has 1 saturated carbocycles. The van der Waals surface area contributed by atoms with Crippen LogP contribution in [-0.2, 0) is 11.2 Å². The largest absolute Gasteiger partial charge is 0.353 e. The van der Waals surface area contributed by atoms with Gasteiger partial charge in [-0.15, -0.1) is 12.6 Å². The highest BCUT2D eigenvalue weighted by atomic mass is 32.2.